The maximum atomic E-state index is 11.8. The lowest BCUT2D eigenvalue weighted by Gasteiger charge is -2.13. The van der Waals surface area contributed by atoms with Gasteiger partial charge in [0.05, 0.1) is 11.5 Å². The van der Waals surface area contributed by atoms with E-state index in [1.54, 1.807) is 6.08 Å². The second-order valence-corrected chi connectivity index (χ2v) is 7.51. The highest BCUT2D eigenvalue weighted by molar-refractivity contribution is 8.18. The third-order valence-corrected chi connectivity index (χ3v) is 5.10. The molecule has 0 saturated carbocycles. The highest BCUT2D eigenvalue weighted by Crippen LogP contribution is 2.32. The van der Waals surface area contributed by atoms with Gasteiger partial charge in [0.25, 0.3) is 5.91 Å². The number of thioether (sulfide) groups is 1. The molecule has 152 valence electrons. The van der Waals surface area contributed by atoms with Crippen LogP contribution in [0, 0.1) is 13.8 Å². The molecule has 1 heterocycles. The quantitative estimate of drug-likeness (QED) is 0.519. The minimum atomic E-state index is -0.325. The van der Waals surface area contributed by atoms with E-state index in [2.05, 4.69) is 18.8 Å². The number of hydrogen-bond acceptors (Lipinski definition) is 6. The van der Waals surface area contributed by atoms with Crippen molar-refractivity contribution in [3.05, 3.63) is 58.0 Å². The Bertz CT molecular complexity index is 969. The van der Waals surface area contributed by atoms with Gasteiger partial charge in [0.15, 0.2) is 16.7 Å². The lowest BCUT2D eigenvalue weighted by molar-refractivity contribution is -0.113. The van der Waals surface area contributed by atoms with Crippen molar-refractivity contribution < 1.29 is 19.0 Å². The van der Waals surface area contributed by atoms with Crippen LogP contribution in [0.5, 0.6) is 17.2 Å². The number of carbonyl (C=O) groups is 1. The molecule has 2 aromatic carbocycles. The van der Waals surface area contributed by atoms with E-state index in [0.29, 0.717) is 36.2 Å². The summed E-state index contributed by atoms with van der Waals surface area (Å²) in [5.41, 5.74) is 8.83. The van der Waals surface area contributed by atoms with Crippen LogP contribution in [0.25, 0.3) is 6.08 Å². The standard InChI is InChI=1S/C22H24N2O4S/c1-4-26-19-12-16(13-20-21(25)24-22(23)29-20)6-8-18(19)28-10-9-27-17-7-5-14(2)15(3)11-17/h5-8,11-13H,4,9-10H2,1-3H3,(H2,23,24,25). The Labute approximate surface area is 174 Å². The van der Waals surface area contributed by atoms with Crippen molar-refractivity contribution >= 4 is 28.9 Å². The first kappa shape index (κ1) is 20.8. The zero-order valence-electron chi connectivity index (χ0n) is 16.7. The zero-order chi connectivity index (χ0) is 20.8. The molecule has 2 N–H and O–H groups in total. The third kappa shape index (κ3) is 5.54. The highest BCUT2D eigenvalue weighted by atomic mass is 32.2. The van der Waals surface area contributed by atoms with Crippen molar-refractivity contribution in [3.8, 4) is 17.2 Å². The molecule has 0 bridgehead atoms. The van der Waals surface area contributed by atoms with Crippen LogP contribution in [-0.2, 0) is 4.79 Å². The number of hydrogen-bond donors (Lipinski definition) is 1. The fourth-order valence-corrected chi connectivity index (χ4v) is 3.38. The van der Waals surface area contributed by atoms with Gasteiger partial charge in [0.1, 0.15) is 19.0 Å². The number of nitrogens with zero attached hydrogens (tertiary/aromatic N) is 1. The van der Waals surface area contributed by atoms with E-state index >= 15 is 0 Å². The van der Waals surface area contributed by atoms with Crippen molar-refractivity contribution in [2.75, 3.05) is 19.8 Å². The van der Waals surface area contributed by atoms with Crippen molar-refractivity contribution in [2.24, 2.45) is 10.7 Å². The van der Waals surface area contributed by atoms with E-state index in [1.165, 1.54) is 11.1 Å². The molecule has 0 aliphatic carbocycles. The molecule has 2 aromatic rings. The van der Waals surface area contributed by atoms with Crippen LogP contribution in [0.15, 0.2) is 46.3 Å². The highest BCUT2D eigenvalue weighted by Gasteiger charge is 2.19. The van der Waals surface area contributed by atoms with Crippen molar-refractivity contribution in [1.29, 1.82) is 0 Å². The van der Waals surface area contributed by atoms with E-state index < -0.39 is 0 Å². The molecule has 1 aliphatic heterocycles. The van der Waals surface area contributed by atoms with E-state index in [0.717, 1.165) is 23.1 Å². The third-order valence-electron chi connectivity index (χ3n) is 4.29. The Hall–Kier alpha value is -2.93. The summed E-state index contributed by atoms with van der Waals surface area (Å²) in [5, 5.41) is 0.259. The second-order valence-electron chi connectivity index (χ2n) is 6.45. The lowest BCUT2D eigenvalue weighted by atomic mass is 10.1. The smallest absolute Gasteiger partial charge is 0.286 e. The monoisotopic (exact) mass is 412 g/mol. The summed E-state index contributed by atoms with van der Waals surface area (Å²) >= 11 is 1.16. The van der Waals surface area contributed by atoms with Gasteiger partial charge in [-0.15, -0.1) is 0 Å². The fourth-order valence-electron chi connectivity index (χ4n) is 2.69. The number of carbonyl (C=O) groups excluding carboxylic acids is 1. The molecule has 6 nitrogen and oxygen atoms in total. The maximum absolute atomic E-state index is 11.8. The summed E-state index contributed by atoms with van der Waals surface area (Å²) in [7, 11) is 0. The van der Waals surface area contributed by atoms with Crippen molar-refractivity contribution in [3.63, 3.8) is 0 Å². The number of nitrogens with two attached hydrogens (primary N) is 1. The number of ether oxygens (including phenoxy) is 3. The molecule has 1 amide bonds. The number of aliphatic imine (C=N–C) groups is 1. The van der Waals surface area contributed by atoms with Crippen LogP contribution in [0.2, 0.25) is 0 Å². The van der Waals surface area contributed by atoms with Gasteiger partial charge in [0.2, 0.25) is 0 Å². The first-order chi connectivity index (χ1) is 14.0. The van der Waals surface area contributed by atoms with Gasteiger partial charge in [0, 0.05) is 0 Å². The minimum absolute atomic E-state index is 0.259. The first-order valence-corrected chi connectivity index (χ1v) is 10.2. The number of rotatable bonds is 8. The zero-order valence-corrected chi connectivity index (χ0v) is 17.5. The summed E-state index contributed by atoms with van der Waals surface area (Å²) in [6.45, 7) is 7.33. The lowest BCUT2D eigenvalue weighted by Crippen LogP contribution is -2.10. The maximum Gasteiger partial charge on any atom is 0.286 e. The Morgan fingerprint density at radius 3 is 2.48 bits per heavy atom. The van der Waals surface area contributed by atoms with E-state index in [4.69, 9.17) is 19.9 Å². The topological polar surface area (TPSA) is 83.1 Å². The van der Waals surface area contributed by atoms with Gasteiger partial charge >= 0.3 is 0 Å². The van der Waals surface area contributed by atoms with Gasteiger partial charge in [-0.25, -0.2) is 0 Å². The Morgan fingerprint density at radius 1 is 1.00 bits per heavy atom. The summed E-state index contributed by atoms with van der Waals surface area (Å²) in [6, 6.07) is 11.5. The van der Waals surface area contributed by atoms with Crippen LogP contribution >= 0.6 is 11.8 Å². The fraction of sp³-hybridized carbons (Fsp3) is 0.273. The van der Waals surface area contributed by atoms with Crippen molar-refractivity contribution in [1.82, 2.24) is 0 Å². The molecule has 0 aromatic heterocycles. The normalized spacial score (nSPS) is 14.8. The minimum Gasteiger partial charge on any atom is -0.490 e. The van der Waals surface area contributed by atoms with Crippen LogP contribution in [0.3, 0.4) is 0 Å². The largest absolute Gasteiger partial charge is 0.490 e. The molecular formula is C22H24N2O4S. The van der Waals surface area contributed by atoms with Gasteiger partial charge in [-0.1, -0.05) is 12.1 Å². The molecule has 0 saturated heterocycles. The number of amidine groups is 1. The summed E-state index contributed by atoms with van der Waals surface area (Å²) < 4.78 is 17.3. The molecule has 0 atom stereocenters. The van der Waals surface area contributed by atoms with Crippen LogP contribution < -0.4 is 19.9 Å². The summed E-state index contributed by atoms with van der Waals surface area (Å²) in [4.78, 5) is 16.0. The summed E-state index contributed by atoms with van der Waals surface area (Å²) in [6.07, 6.45) is 1.74. The van der Waals surface area contributed by atoms with Crippen molar-refractivity contribution in [2.45, 2.75) is 20.8 Å². The Kier molecular flexibility index (Phi) is 6.82. The predicted molar refractivity (Wildman–Crippen MR) is 117 cm³/mol. The van der Waals surface area contributed by atoms with Crippen LogP contribution in [0.4, 0.5) is 0 Å². The van der Waals surface area contributed by atoms with Gasteiger partial charge in [-0.05, 0) is 79.6 Å². The molecule has 0 fully saturated rings. The van der Waals surface area contributed by atoms with Gasteiger partial charge in [-0.3, -0.25) is 4.79 Å². The number of amides is 1. The van der Waals surface area contributed by atoms with E-state index in [1.807, 2.05) is 43.3 Å². The number of aryl methyl sites for hydroxylation is 2. The van der Waals surface area contributed by atoms with Gasteiger partial charge in [-0.2, -0.15) is 4.99 Å². The predicted octanol–water partition coefficient (Wildman–Crippen LogP) is 4.09. The molecular weight excluding hydrogens is 388 g/mol. The van der Waals surface area contributed by atoms with E-state index in [9.17, 15) is 4.79 Å². The molecule has 1 aliphatic rings. The molecule has 0 radical (unpaired) electrons. The number of benzene rings is 2. The molecule has 7 heteroatoms. The molecule has 0 unspecified atom stereocenters. The Morgan fingerprint density at radius 2 is 1.79 bits per heavy atom. The summed E-state index contributed by atoms with van der Waals surface area (Å²) in [5.74, 6) is 1.73. The average Bonchev–Trinajstić information content (AvgIpc) is 3.00. The van der Waals surface area contributed by atoms with Crippen LogP contribution in [-0.4, -0.2) is 30.9 Å². The van der Waals surface area contributed by atoms with Gasteiger partial charge < -0.3 is 19.9 Å². The Balaban J connectivity index is 1.62. The SMILES string of the molecule is CCOc1cc(C=C2SC(N)=NC2=O)ccc1OCCOc1ccc(C)c(C)c1. The second kappa shape index (κ2) is 9.52. The molecule has 0 spiro atoms. The molecule has 3 rings (SSSR count). The van der Waals surface area contributed by atoms with Crippen LogP contribution in [0.1, 0.15) is 23.6 Å². The first-order valence-electron chi connectivity index (χ1n) is 9.34. The molecule has 29 heavy (non-hydrogen) atoms. The van der Waals surface area contributed by atoms with E-state index in [-0.39, 0.29) is 11.1 Å². The average molecular weight is 413 g/mol.